The summed E-state index contributed by atoms with van der Waals surface area (Å²) in [6.07, 6.45) is 16.4. The number of nitrogens with one attached hydrogen (secondary N) is 1. The lowest BCUT2D eigenvalue weighted by molar-refractivity contribution is 0.0934. The van der Waals surface area contributed by atoms with Crippen molar-refractivity contribution < 1.29 is 14.0 Å². The van der Waals surface area contributed by atoms with Crippen LogP contribution in [-0.4, -0.2) is 42.8 Å². The van der Waals surface area contributed by atoms with Crippen molar-refractivity contribution >= 4 is 29.9 Å². The van der Waals surface area contributed by atoms with Crippen LogP contribution in [0.25, 0.3) is 18.2 Å². The van der Waals surface area contributed by atoms with E-state index in [4.69, 9.17) is 0 Å². The number of hydrogen-bond acceptors (Lipinski definition) is 3. The highest BCUT2D eigenvalue weighted by molar-refractivity contribution is 5.97. The van der Waals surface area contributed by atoms with Crippen molar-refractivity contribution in [3.63, 3.8) is 0 Å². The van der Waals surface area contributed by atoms with E-state index < -0.39 is 0 Å². The Kier molecular flexibility index (Phi) is 29.1. The van der Waals surface area contributed by atoms with E-state index in [2.05, 4.69) is 90.4 Å². The molecule has 3 aromatic rings. The number of halogens is 1. The van der Waals surface area contributed by atoms with Gasteiger partial charge in [-0.1, -0.05) is 167 Å². The summed E-state index contributed by atoms with van der Waals surface area (Å²) in [6.45, 7) is 33.0. The molecule has 3 rings (SSSR count). The van der Waals surface area contributed by atoms with E-state index in [0.717, 1.165) is 67.1 Å². The number of carbonyl (C=O) groups excluding carboxylic acids is 2. The topological polar surface area (TPSA) is 49.4 Å². The molecular formula is C51H79FN2O2. The molecular weight excluding hydrogens is 692 g/mol. The minimum Gasteiger partial charge on any atom is -0.351 e. The Bertz CT molecular complexity index is 1610. The Balaban J connectivity index is 0.000000826. The molecule has 0 aliphatic rings. The van der Waals surface area contributed by atoms with Gasteiger partial charge in [0.25, 0.3) is 5.91 Å². The van der Waals surface area contributed by atoms with Crippen LogP contribution in [0.1, 0.15) is 158 Å². The summed E-state index contributed by atoms with van der Waals surface area (Å²) < 4.78 is 12.2. The average Bonchev–Trinajstić information content (AvgIpc) is 3.18. The normalized spacial score (nSPS) is 11.4. The van der Waals surface area contributed by atoms with Gasteiger partial charge in [-0.25, -0.2) is 4.39 Å². The number of aryl methyl sites for hydroxylation is 1. The second-order valence-electron chi connectivity index (χ2n) is 15.5. The van der Waals surface area contributed by atoms with Crippen LogP contribution in [0, 0.1) is 37.4 Å². The molecule has 312 valence electrons. The van der Waals surface area contributed by atoms with Gasteiger partial charge in [-0.3, -0.25) is 9.59 Å². The summed E-state index contributed by atoms with van der Waals surface area (Å²) in [6, 6.07) is 18.0. The molecule has 0 aliphatic heterocycles. The van der Waals surface area contributed by atoms with Gasteiger partial charge < -0.3 is 10.2 Å². The molecule has 0 atom stereocenters. The van der Waals surface area contributed by atoms with Gasteiger partial charge in [-0.2, -0.15) is 0 Å². The van der Waals surface area contributed by atoms with E-state index in [1.54, 1.807) is 18.2 Å². The molecule has 0 aliphatic carbocycles. The van der Waals surface area contributed by atoms with Crippen molar-refractivity contribution in [1.29, 1.82) is 0 Å². The van der Waals surface area contributed by atoms with Crippen LogP contribution in [0.3, 0.4) is 0 Å². The van der Waals surface area contributed by atoms with Crippen LogP contribution in [-0.2, 0) is 0 Å². The lowest BCUT2D eigenvalue weighted by Crippen LogP contribution is -2.37. The fourth-order valence-electron chi connectivity index (χ4n) is 6.33. The highest BCUT2D eigenvalue weighted by Gasteiger charge is 2.11. The zero-order valence-electron chi connectivity index (χ0n) is 37.6. The van der Waals surface area contributed by atoms with E-state index in [1.807, 2.05) is 58.0 Å². The molecule has 0 radical (unpaired) electrons. The first-order chi connectivity index (χ1) is 26.7. The highest BCUT2D eigenvalue weighted by atomic mass is 19.1. The fourth-order valence-corrected chi connectivity index (χ4v) is 6.33. The maximum absolute atomic E-state index is 12.7. The molecule has 0 aromatic heterocycles. The molecule has 0 bridgehead atoms. The summed E-state index contributed by atoms with van der Waals surface area (Å²) in [7, 11) is 0. The van der Waals surface area contributed by atoms with Crippen LogP contribution >= 0.6 is 0 Å². The summed E-state index contributed by atoms with van der Waals surface area (Å²) in [5.74, 6) is 1.79. The summed E-state index contributed by atoms with van der Waals surface area (Å²) >= 11 is 0. The molecule has 1 amide bonds. The Morgan fingerprint density at radius 2 is 1.36 bits per heavy atom. The molecule has 0 heterocycles. The van der Waals surface area contributed by atoms with Crippen molar-refractivity contribution in [2.24, 2.45) is 17.8 Å². The molecule has 0 saturated carbocycles. The van der Waals surface area contributed by atoms with Crippen molar-refractivity contribution in [3.8, 4) is 0 Å². The SMILES string of the molecule is C/C=c1/c(C)c(C(=O)NCCN(CCC)CCC)cc/c1=C\CC(C)C.C=Cc1ccc(F)cc1.CCCC(CC)CCC.Cc1ccc(C(=O)C(C)C)cc1. The third-order valence-corrected chi connectivity index (χ3v) is 9.62. The Labute approximate surface area is 342 Å². The van der Waals surface area contributed by atoms with Gasteiger partial charge in [0, 0.05) is 30.1 Å². The molecule has 4 nitrogen and oxygen atoms in total. The molecule has 0 fully saturated rings. The molecule has 3 aromatic carbocycles. The number of amides is 1. The largest absolute Gasteiger partial charge is 0.351 e. The second kappa shape index (κ2) is 31.3. The summed E-state index contributed by atoms with van der Waals surface area (Å²) in [5.41, 5.74) is 4.81. The van der Waals surface area contributed by atoms with Gasteiger partial charge in [0.1, 0.15) is 5.82 Å². The van der Waals surface area contributed by atoms with Crippen LogP contribution in [0.2, 0.25) is 0 Å². The third kappa shape index (κ3) is 22.0. The number of ketones is 1. The van der Waals surface area contributed by atoms with Crippen molar-refractivity contribution in [2.45, 2.75) is 134 Å². The predicted octanol–water partition coefficient (Wildman–Crippen LogP) is 12.4. The quantitative estimate of drug-likeness (QED) is 0.131. The molecule has 0 saturated heterocycles. The van der Waals surface area contributed by atoms with E-state index in [0.29, 0.717) is 12.5 Å². The standard InChI is InChI=1S/C23H38N2O.C11H14O.C9H20.C8H7F/c1-7-15-25(16-8-2)17-14-24-23(26)22-13-12-20(11-10-18(4)5)21(9-3)19(22)6;1-8(2)11(12)10-6-4-9(3)5-7-10;1-4-7-9(6-3)8-5-2;1-2-7-3-5-8(9)6-4-7/h9,11-13,18H,7-8,10,14-17H2,1-6H3,(H,24,26);4-8H,1-3H3;9H,4-8H2,1-3H3;2-6H,1H2/b20-11+,21-9-;;;. The maximum Gasteiger partial charge on any atom is 0.251 e. The van der Waals surface area contributed by atoms with Gasteiger partial charge in [0.2, 0.25) is 0 Å². The van der Waals surface area contributed by atoms with Crippen molar-refractivity contribution in [2.75, 3.05) is 26.2 Å². The minimum absolute atomic E-state index is 0.0361. The van der Waals surface area contributed by atoms with Gasteiger partial charge in [-0.15, -0.1) is 0 Å². The van der Waals surface area contributed by atoms with E-state index in [-0.39, 0.29) is 23.4 Å². The van der Waals surface area contributed by atoms with E-state index in [1.165, 1.54) is 60.2 Å². The first-order valence-electron chi connectivity index (χ1n) is 21.5. The van der Waals surface area contributed by atoms with Crippen LogP contribution in [0.15, 0.2) is 67.2 Å². The fraction of sp³-hybridized carbons (Fsp3) is 0.529. The van der Waals surface area contributed by atoms with Crippen LogP contribution in [0.5, 0.6) is 0 Å². The molecule has 1 N–H and O–H groups in total. The average molecular weight is 771 g/mol. The number of carbonyl (C=O) groups is 2. The molecule has 0 spiro atoms. The number of benzene rings is 3. The van der Waals surface area contributed by atoms with Gasteiger partial charge in [0.15, 0.2) is 5.78 Å². The smallest absolute Gasteiger partial charge is 0.251 e. The first kappa shape index (κ1) is 52.2. The molecule has 56 heavy (non-hydrogen) atoms. The summed E-state index contributed by atoms with van der Waals surface area (Å²) in [5, 5.41) is 5.51. The van der Waals surface area contributed by atoms with Crippen LogP contribution in [0.4, 0.5) is 4.39 Å². The van der Waals surface area contributed by atoms with Gasteiger partial charge in [-0.05, 0) is 105 Å². The first-order valence-corrected chi connectivity index (χ1v) is 21.5. The number of hydrogen-bond donors (Lipinski definition) is 1. The van der Waals surface area contributed by atoms with E-state index >= 15 is 0 Å². The predicted molar refractivity (Wildman–Crippen MR) is 244 cm³/mol. The van der Waals surface area contributed by atoms with Gasteiger partial charge in [0.05, 0.1) is 0 Å². The Morgan fingerprint density at radius 3 is 1.80 bits per heavy atom. The second-order valence-corrected chi connectivity index (χ2v) is 15.5. The van der Waals surface area contributed by atoms with Gasteiger partial charge >= 0.3 is 0 Å². The van der Waals surface area contributed by atoms with Crippen molar-refractivity contribution in [3.05, 3.63) is 111 Å². The third-order valence-electron chi connectivity index (χ3n) is 9.62. The maximum atomic E-state index is 12.7. The lowest BCUT2D eigenvalue weighted by atomic mass is 9.96. The zero-order chi connectivity index (χ0) is 42.5. The lowest BCUT2D eigenvalue weighted by Gasteiger charge is -2.21. The summed E-state index contributed by atoms with van der Waals surface area (Å²) in [4.78, 5) is 26.5. The highest BCUT2D eigenvalue weighted by Crippen LogP contribution is 2.16. The number of rotatable bonds is 18. The number of Topliss-reactive ketones (excluding diaryl/α,β-unsaturated/α-hetero) is 1. The van der Waals surface area contributed by atoms with Crippen molar-refractivity contribution in [1.82, 2.24) is 10.2 Å². The Morgan fingerprint density at radius 1 is 0.786 bits per heavy atom. The number of nitrogens with zero attached hydrogens (tertiary/aromatic N) is 1. The van der Waals surface area contributed by atoms with E-state index in [9.17, 15) is 14.0 Å². The monoisotopic (exact) mass is 771 g/mol. The molecule has 0 unspecified atom stereocenters. The van der Waals surface area contributed by atoms with Crippen LogP contribution < -0.4 is 15.8 Å². The Hall–Kier alpha value is -3.83. The minimum atomic E-state index is -0.208. The molecule has 5 heteroatoms. The zero-order valence-corrected chi connectivity index (χ0v) is 37.6.